The molecule has 164 valence electrons. The third-order valence-corrected chi connectivity index (χ3v) is 6.15. The van der Waals surface area contributed by atoms with Crippen LogP contribution in [0.25, 0.3) is 10.6 Å². The molecule has 0 saturated carbocycles. The molecule has 0 aliphatic rings. The lowest BCUT2D eigenvalue weighted by Gasteiger charge is -2.14. The predicted molar refractivity (Wildman–Crippen MR) is 131 cm³/mol. The van der Waals surface area contributed by atoms with Crippen molar-refractivity contribution in [2.75, 3.05) is 19.0 Å². The summed E-state index contributed by atoms with van der Waals surface area (Å²) in [7, 11) is 1.97. The molecule has 0 bridgehead atoms. The van der Waals surface area contributed by atoms with Gasteiger partial charge < -0.3 is 15.4 Å². The molecule has 4 aromatic rings. The van der Waals surface area contributed by atoms with Gasteiger partial charge in [0.1, 0.15) is 22.4 Å². The minimum Gasteiger partial charge on any atom is -0.494 e. The van der Waals surface area contributed by atoms with E-state index >= 15 is 0 Å². The minimum atomic E-state index is 0.129. The van der Waals surface area contributed by atoms with Gasteiger partial charge in [0.2, 0.25) is 0 Å². The van der Waals surface area contributed by atoms with E-state index in [9.17, 15) is 0 Å². The average molecular weight is 446 g/mol. The van der Waals surface area contributed by atoms with Crippen LogP contribution in [-0.4, -0.2) is 28.6 Å². The summed E-state index contributed by atoms with van der Waals surface area (Å²) in [6.07, 6.45) is 4.54. The van der Waals surface area contributed by atoms with E-state index in [2.05, 4.69) is 27.8 Å². The Balaban J connectivity index is 1.48. The van der Waals surface area contributed by atoms with Crippen LogP contribution in [0.15, 0.2) is 67.0 Å². The number of benzene rings is 1. The molecule has 3 aromatic heterocycles. The molecule has 0 fully saturated rings. The van der Waals surface area contributed by atoms with Crippen molar-refractivity contribution in [2.24, 2.45) is 0 Å². The summed E-state index contributed by atoms with van der Waals surface area (Å²) >= 11 is 1.66. The normalized spacial score (nSPS) is 11.8. The molecule has 0 aliphatic carbocycles. The summed E-state index contributed by atoms with van der Waals surface area (Å²) in [5, 5.41) is 7.72. The molecule has 3 heterocycles. The maximum atomic E-state index is 5.54. The third kappa shape index (κ3) is 5.49. The van der Waals surface area contributed by atoms with Crippen molar-refractivity contribution < 1.29 is 4.74 Å². The fourth-order valence-electron chi connectivity index (χ4n) is 3.38. The van der Waals surface area contributed by atoms with Crippen molar-refractivity contribution in [3.8, 4) is 16.3 Å². The van der Waals surface area contributed by atoms with Crippen molar-refractivity contribution in [1.82, 2.24) is 20.3 Å². The number of thiazole rings is 1. The number of hydrogen-bond donors (Lipinski definition) is 2. The van der Waals surface area contributed by atoms with Crippen LogP contribution in [0.4, 0.5) is 11.6 Å². The largest absolute Gasteiger partial charge is 0.494 e. The van der Waals surface area contributed by atoms with Gasteiger partial charge in [0, 0.05) is 12.4 Å². The molecule has 1 atom stereocenters. The highest BCUT2D eigenvalue weighted by Gasteiger charge is 2.16. The van der Waals surface area contributed by atoms with Crippen LogP contribution in [0.2, 0.25) is 0 Å². The lowest BCUT2D eigenvalue weighted by Crippen LogP contribution is -2.18. The first-order valence-corrected chi connectivity index (χ1v) is 11.5. The standard InChI is InChI=1S/C25H27N5OS/c1-4-31-19-10-8-18(9-11-19)15-21(26-3)25-28-16-22(32-25)20-6-5-7-23(29-20)30-24-14-17(2)12-13-27-24/h5-14,16,21,26H,4,15H2,1-3H3,(H,27,29,30)/t21-/m0/s1. The Kier molecular flexibility index (Phi) is 7.09. The van der Waals surface area contributed by atoms with E-state index in [1.807, 2.05) is 69.6 Å². The summed E-state index contributed by atoms with van der Waals surface area (Å²) in [6, 6.07) is 18.3. The smallest absolute Gasteiger partial charge is 0.132 e. The summed E-state index contributed by atoms with van der Waals surface area (Å²) in [4.78, 5) is 14.8. The molecule has 2 N–H and O–H groups in total. The van der Waals surface area contributed by atoms with Gasteiger partial charge in [-0.15, -0.1) is 11.3 Å². The van der Waals surface area contributed by atoms with Crippen molar-refractivity contribution in [3.63, 3.8) is 0 Å². The summed E-state index contributed by atoms with van der Waals surface area (Å²) < 4.78 is 5.54. The van der Waals surface area contributed by atoms with Crippen molar-refractivity contribution in [3.05, 3.63) is 83.1 Å². The molecule has 0 saturated heterocycles. The second-order valence-electron chi connectivity index (χ2n) is 7.44. The van der Waals surface area contributed by atoms with Gasteiger partial charge in [0.05, 0.1) is 23.2 Å². The van der Waals surface area contributed by atoms with Gasteiger partial charge in [0.25, 0.3) is 0 Å². The van der Waals surface area contributed by atoms with Gasteiger partial charge in [-0.05, 0) is 74.8 Å². The Morgan fingerprint density at radius 2 is 1.88 bits per heavy atom. The zero-order valence-electron chi connectivity index (χ0n) is 18.5. The van der Waals surface area contributed by atoms with Crippen LogP contribution in [0.1, 0.15) is 29.1 Å². The van der Waals surface area contributed by atoms with Gasteiger partial charge in [-0.2, -0.15) is 0 Å². The molecule has 6 nitrogen and oxygen atoms in total. The molecule has 32 heavy (non-hydrogen) atoms. The van der Waals surface area contributed by atoms with Gasteiger partial charge in [-0.1, -0.05) is 18.2 Å². The molecular formula is C25H27N5OS. The van der Waals surface area contributed by atoms with Crippen molar-refractivity contribution in [2.45, 2.75) is 26.3 Å². The lowest BCUT2D eigenvalue weighted by atomic mass is 10.1. The van der Waals surface area contributed by atoms with Crippen LogP contribution < -0.4 is 15.4 Å². The average Bonchev–Trinajstić information content (AvgIpc) is 3.29. The number of nitrogens with zero attached hydrogens (tertiary/aromatic N) is 3. The van der Waals surface area contributed by atoms with E-state index < -0.39 is 0 Å². The SMILES string of the molecule is CCOc1ccc(C[C@H](NC)c2ncc(-c3cccc(Nc4cc(C)ccn4)n3)s2)cc1. The number of nitrogens with one attached hydrogen (secondary N) is 2. The zero-order chi connectivity index (χ0) is 22.3. The number of pyridine rings is 2. The maximum Gasteiger partial charge on any atom is 0.132 e. The first-order valence-electron chi connectivity index (χ1n) is 10.7. The van der Waals surface area contributed by atoms with Crippen LogP contribution >= 0.6 is 11.3 Å². The Hall–Kier alpha value is -3.29. The third-order valence-electron chi connectivity index (χ3n) is 5.02. The molecule has 0 amide bonds. The zero-order valence-corrected chi connectivity index (χ0v) is 19.3. The number of ether oxygens (including phenoxy) is 1. The molecule has 7 heteroatoms. The van der Waals surface area contributed by atoms with Crippen LogP contribution in [0.5, 0.6) is 5.75 Å². The van der Waals surface area contributed by atoms with Crippen molar-refractivity contribution in [1.29, 1.82) is 0 Å². The monoisotopic (exact) mass is 445 g/mol. The Bertz CT molecular complexity index is 1160. The predicted octanol–water partition coefficient (Wildman–Crippen LogP) is 5.55. The molecule has 0 radical (unpaired) electrons. The Morgan fingerprint density at radius 1 is 1.03 bits per heavy atom. The number of rotatable bonds is 9. The highest BCUT2D eigenvalue weighted by molar-refractivity contribution is 7.15. The molecule has 1 aromatic carbocycles. The van der Waals surface area contributed by atoms with Crippen LogP contribution in [0.3, 0.4) is 0 Å². The van der Waals surface area contributed by atoms with E-state index in [1.54, 1.807) is 17.5 Å². The number of aromatic nitrogens is 3. The van der Waals surface area contributed by atoms with E-state index in [0.717, 1.165) is 44.9 Å². The quantitative estimate of drug-likeness (QED) is 0.352. The van der Waals surface area contributed by atoms with E-state index in [-0.39, 0.29) is 6.04 Å². The number of likely N-dealkylation sites (N-methyl/N-ethyl adjacent to an activating group) is 1. The van der Waals surface area contributed by atoms with Crippen molar-refractivity contribution >= 4 is 23.0 Å². The minimum absolute atomic E-state index is 0.129. The van der Waals surface area contributed by atoms with E-state index in [1.165, 1.54) is 5.56 Å². The van der Waals surface area contributed by atoms with Gasteiger partial charge in [-0.3, -0.25) is 0 Å². The lowest BCUT2D eigenvalue weighted by molar-refractivity contribution is 0.340. The Morgan fingerprint density at radius 3 is 2.62 bits per heavy atom. The van der Waals surface area contributed by atoms with E-state index in [4.69, 9.17) is 14.7 Å². The topological polar surface area (TPSA) is 72.0 Å². The van der Waals surface area contributed by atoms with Crippen LogP contribution in [-0.2, 0) is 6.42 Å². The Labute approximate surface area is 192 Å². The number of anilines is 2. The molecular weight excluding hydrogens is 418 g/mol. The van der Waals surface area contributed by atoms with Gasteiger partial charge in [-0.25, -0.2) is 15.0 Å². The molecule has 4 rings (SSSR count). The van der Waals surface area contributed by atoms with Crippen LogP contribution in [0, 0.1) is 6.92 Å². The second kappa shape index (κ2) is 10.3. The highest BCUT2D eigenvalue weighted by Crippen LogP contribution is 2.30. The summed E-state index contributed by atoms with van der Waals surface area (Å²) in [6.45, 7) is 4.71. The number of aryl methyl sites for hydroxylation is 1. The summed E-state index contributed by atoms with van der Waals surface area (Å²) in [5.74, 6) is 2.44. The van der Waals surface area contributed by atoms with Gasteiger partial charge in [0.15, 0.2) is 0 Å². The molecule has 0 spiro atoms. The maximum absolute atomic E-state index is 5.54. The fourth-order valence-corrected chi connectivity index (χ4v) is 4.38. The highest BCUT2D eigenvalue weighted by atomic mass is 32.1. The fraction of sp³-hybridized carbons (Fsp3) is 0.240. The summed E-state index contributed by atoms with van der Waals surface area (Å²) in [5.41, 5.74) is 3.28. The first-order chi connectivity index (χ1) is 15.6. The van der Waals surface area contributed by atoms with E-state index in [0.29, 0.717) is 6.61 Å². The van der Waals surface area contributed by atoms with Gasteiger partial charge >= 0.3 is 0 Å². The number of hydrogen-bond acceptors (Lipinski definition) is 7. The molecule has 0 aliphatic heterocycles. The second-order valence-corrected chi connectivity index (χ2v) is 8.50. The first kappa shape index (κ1) is 21.9. The molecule has 0 unspecified atom stereocenters.